The summed E-state index contributed by atoms with van der Waals surface area (Å²) in [5.74, 6) is -0.205. The van der Waals surface area contributed by atoms with E-state index in [0.29, 0.717) is 23.2 Å². The number of nitrogens with zero attached hydrogens (tertiary/aromatic N) is 3. The van der Waals surface area contributed by atoms with Gasteiger partial charge in [0.25, 0.3) is 11.5 Å². The second kappa shape index (κ2) is 10.3. The Morgan fingerprint density at radius 3 is 2.38 bits per heavy atom. The maximum atomic E-state index is 13.0. The monoisotopic (exact) mass is 439 g/mol. The van der Waals surface area contributed by atoms with E-state index in [-0.39, 0.29) is 18.0 Å². The Balaban J connectivity index is 1.76. The molecule has 32 heavy (non-hydrogen) atoms. The lowest BCUT2D eigenvalue weighted by Gasteiger charge is -2.40. The van der Waals surface area contributed by atoms with Crippen molar-refractivity contribution >= 4 is 11.6 Å². The molecular formula is C25H37N5O2. The average molecular weight is 440 g/mol. The fourth-order valence-electron chi connectivity index (χ4n) is 4.91. The minimum absolute atomic E-state index is 0.156. The lowest BCUT2D eigenvalue weighted by molar-refractivity contribution is 0.0949. The summed E-state index contributed by atoms with van der Waals surface area (Å²) in [7, 11) is 4.31. The number of hydrogen-bond donors (Lipinski definition) is 2. The van der Waals surface area contributed by atoms with Crippen LogP contribution >= 0.6 is 0 Å². The lowest BCUT2D eigenvalue weighted by atomic mass is 9.89. The van der Waals surface area contributed by atoms with E-state index < -0.39 is 0 Å². The number of H-pyrrole nitrogens is 1. The van der Waals surface area contributed by atoms with Gasteiger partial charge >= 0.3 is 0 Å². The number of amides is 1. The summed E-state index contributed by atoms with van der Waals surface area (Å²) < 4.78 is 0. The van der Waals surface area contributed by atoms with Crippen LogP contribution in [-0.2, 0) is 6.54 Å². The first-order valence-corrected chi connectivity index (χ1v) is 11.6. The predicted octanol–water partition coefficient (Wildman–Crippen LogP) is 3.32. The summed E-state index contributed by atoms with van der Waals surface area (Å²) in [6.07, 6.45) is 8.15. The smallest absolute Gasteiger partial charge is 0.253 e. The maximum absolute atomic E-state index is 13.0. The number of nitrogens with one attached hydrogen (secondary N) is 2. The second-order valence-corrected chi connectivity index (χ2v) is 9.17. The molecule has 7 heteroatoms. The third-order valence-corrected chi connectivity index (χ3v) is 6.84. The molecule has 3 rings (SSSR count). The molecule has 2 heterocycles. The maximum Gasteiger partial charge on any atom is 0.253 e. The molecule has 174 valence electrons. The van der Waals surface area contributed by atoms with Crippen LogP contribution in [0.15, 0.2) is 23.3 Å². The average Bonchev–Trinajstić information content (AvgIpc) is 2.75. The first-order valence-electron chi connectivity index (χ1n) is 11.6. The van der Waals surface area contributed by atoms with Crippen molar-refractivity contribution in [2.75, 3.05) is 25.5 Å². The van der Waals surface area contributed by atoms with Gasteiger partial charge in [0.1, 0.15) is 0 Å². The number of aromatic nitrogens is 2. The van der Waals surface area contributed by atoms with Crippen LogP contribution in [0.3, 0.4) is 0 Å². The van der Waals surface area contributed by atoms with Crippen molar-refractivity contribution in [1.82, 2.24) is 20.2 Å². The van der Waals surface area contributed by atoms with Gasteiger partial charge in [-0.05, 0) is 84.7 Å². The molecule has 0 atom stereocenters. The molecule has 0 aliphatic heterocycles. The van der Waals surface area contributed by atoms with Crippen LogP contribution in [-0.4, -0.2) is 53.5 Å². The molecule has 1 aliphatic rings. The number of carbonyl (C=O) groups is 1. The van der Waals surface area contributed by atoms with Crippen molar-refractivity contribution in [3.63, 3.8) is 0 Å². The van der Waals surface area contributed by atoms with Gasteiger partial charge in [-0.25, -0.2) is 0 Å². The van der Waals surface area contributed by atoms with E-state index in [1.807, 2.05) is 33.0 Å². The van der Waals surface area contributed by atoms with E-state index in [9.17, 15) is 9.59 Å². The van der Waals surface area contributed by atoms with Crippen molar-refractivity contribution in [3.05, 3.63) is 56.8 Å². The first kappa shape index (κ1) is 24.0. The number of carbonyl (C=O) groups excluding carboxylic acids is 1. The van der Waals surface area contributed by atoms with Gasteiger partial charge in [-0.1, -0.05) is 0 Å². The Labute approximate surface area is 191 Å². The molecule has 1 fully saturated rings. The van der Waals surface area contributed by atoms with E-state index in [1.165, 1.54) is 12.8 Å². The minimum atomic E-state index is -0.205. The van der Waals surface area contributed by atoms with E-state index in [1.54, 1.807) is 6.20 Å². The molecule has 2 aromatic rings. The number of aryl methyl sites for hydroxylation is 2. The Kier molecular flexibility index (Phi) is 7.72. The lowest BCUT2D eigenvalue weighted by Crippen LogP contribution is -2.42. The Bertz CT molecular complexity index is 1010. The summed E-state index contributed by atoms with van der Waals surface area (Å²) >= 11 is 0. The second-order valence-electron chi connectivity index (χ2n) is 9.17. The largest absolute Gasteiger partial charge is 0.367 e. The van der Waals surface area contributed by atoms with Crippen LogP contribution in [0, 0.1) is 20.8 Å². The number of aromatic amines is 1. The molecule has 1 amide bonds. The van der Waals surface area contributed by atoms with E-state index in [0.717, 1.165) is 41.9 Å². The van der Waals surface area contributed by atoms with Crippen LogP contribution in [0.1, 0.15) is 65.3 Å². The molecule has 1 saturated carbocycles. The number of hydrogen-bond acceptors (Lipinski definition) is 5. The van der Waals surface area contributed by atoms with Gasteiger partial charge in [0.15, 0.2) is 0 Å². The van der Waals surface area contributed by atoms with Crippen molar-refractivity contribution in [2.45, 2.75) is 72.0 Å². The van der Waals surface area contributed by atoms with Gasteiger partial charge in [-0.15, -0.1) is 0 Å². The zero-order valence-corrected chi connectivity index (χ0v) is 20.3. The molecule has 2 aromatic heterocycles. The highest BCUT2D eigenvalue weighted by atomic mass is 16.1. The molecule has 2 N–H and O–H groups in total. The van der Waals surface area contributed by atoms with Crippen LogP contribution in [0.25, 0.3) is 0 Å². The van der Waals surface area contributed by atoms with Crippen LogP contribution in [0.2, 0.25) is 0 Å². The summed E-state index contributed by atoms with van der Waals surface area (Å²) in [5, 5.41) is 2.92. The van der Waals surface area contributed by atoms with Crippen LogP contribution in [0.5, 0.6) is 0 Å². The summed E-state index contributed by atoms with van der Waals surface area (Å²) in [5.41, 5.74) is 4.64. The van der Waals surface area contributed by atoms with Crippen molar-refractivity contribution in [3.8, 4) is 0 Å². The molecule has 0 radical (unpaired) electrons. The van der Waals surface area contributed by atoms with Gasteiger partial charge in [-0.3, -0.25) is 14.6 Å². The highest BCUT2D eigenvalue weighted by Gasteiger charge is 2.28. The van der Waals surface area contributed by atoms with E-state index in [2.05, 4.69) is 46.1 Å². The first-order chi connectivity index (χ1) is 15.2. The summed E-state index contributed by atoms with van der Waals surface area (Å²) in [6, 6.07) is 3.03. The van der Waals surface area contributed by atoms with Crippen molar-refractivity contribution in [2.24, 2.45) is 0 Å². The van der Waals surface area contributed by atoms with Gasteiger partial charge in [0, 0.05) is 42.6 Å². The topological polar surface area (TPSA) is 81.3 Å². The number of pyridine rings is 2. The Morgan fingerprint density at radius 1 is 1.12 bits per heavy atom. The molecule has 0 unspecified atom stereocenters. The zero-order chi connectivity index (χ0) is 23.4. The highest BCUT2D eigenvalue weighted by Crippen LogP contribution is 2.31. The number of anilines is 1. The summed E-state index contributed by atoms with van der Waals surface area (Å²) in [4.78, 5) is 37.2. The Hall–Kier alpha value is -2.67. The standard InChI is InChI=1S/C25H37N5O2/c1-7-30(20-10-8-19(9-11-20)29(5)6)23-15-26-13-22(18(23)4)24(31)27-14-21-16(2)12-17(3)28-25(21)32/h12-13,15,19-20H,7-11,14H2,1-6H3,(H,27,31)(H,28,32). The van der Waals surface area contributed by atoms with Gasteiger partial charge < -0.3 is 20.1 Å². The third kappa shape index (κ3) is 5.21. The molecule has 0 spiro atoms. The van der Waals surface area contributed by atoms with Crippen LogP contribution in [0.4, 0.5) is 5.69 Å². The van der Waals surface area contributed by atoms with Gasteiger partial charge in [-0.2, -0.15) is 0 Å². The molecule has 0 saturated heterocycles. The van der Waals surface area contributed by atoms with Crippen molar-refractivity contribution < 1.29 is 4.79 Å². The third-order valence-electron chi connectivity index (χ3n) is 6.84. The highest BCUT2D eigenvalue weighted by molar-refractivity contribution is 5.96. The normalized spacial score (nSPS) is 18.6. The van der Waals surface area contributed by atoms with E-state index in [4.69, 9.17) is 0 Å². The molecule has 1 aliphatic carbocycles. The van der Waals surface area contributed by atoms with Gasteiger partial charge in [0.05, 0.1) is 17.4 Å². The van der Waals surface area contributed by atoms with Gasteiger partial charge in [0.2, 0.25) is 0 Å². The SMILES string of the molecule is CCN(c1cncc(C(=O)NCc2c(C)cc(C)[nH]c2=O)c1C)C1CCC(N(C)C)CC1. The number of rotatable bonds is 7. The molecule has 7 nitrogen and oxygen atoms in total. The zero-order valence-electron chi connectivity index (χ0n) is 20.3. The molecule has 0 aromatic carbocycles. The van der Waals surface area contributed by atoms with Crippen LogP contribution < -0.4 is 15.8 Å². The summed E-state index contributed by atoms with van der Waals surface area (Å²) in [6.45, 7) is 8.96. The molecular weight excluding hydrogens is 402 g/mol. The molecule has 0 bridgehead atoms. The van der Waals surface area contributed by atoms with Crippen molar-refractivity contribution in [1.29, 1.82) is 0 Å². The predicted molar refractivity (Wildman–Crippen MR) is 129 cm³/mol. The quantitative estimate of drug-likeness (QED) is 0.692. The van der Waals surface area contributed by atoms with E-state index >= 15 is 0 Å². The fourth-order valence-corrected chi connectivity index (χ4v) is 4.91. The Morgan fingerprint density at radius 2 is 1.78 bits per heavy atom. The fraction of sp³-hybridized carbons (Fsp3) is 0.560. The minimum Gasteiger partial charge on any atom is -0.367 e.